The van der Waals surface area contributed by atoms with Gasteiger partial charge in [0.05, 0.1) is 12.6 Å². The first-order valence-electron chi connectivity index (χ1n) is 8.27. The standard InChI is InChI=1S/C17H24N2O6/c1-23-9-16(21)18-10-17(22)11-19(8-15(17)20)7-12-2-3-13-14(6-12)25-5-4-24-13/h2-3,6,15,20,22H,4-5,7-11H2,1H3,(H,18,21)/t15-,17+/m1/s1. The molecule has 2 atom stereocenters. The van der Waals surface area contributed by atoms with E-state index in [1.807, 2.05) is 23.1 Å². The van der Waals surface area contributed by atoms with Crippen LogP contribution in [0.2, 0.25) is 0 Å². The van der Waals surface area contributed by atoms with Gasteiger partial charge in [-0.3, -0.25) is 9.69 Å². The van der Waals surface area contributed by atoms with Gasteiger partial charge >= 0.3 is 0 Å². The first-order chi connectivity index (χ1) is 12.0. The zero-order chi connectivity index (χ0) is 17.9. The van der Waals surface area contributed by atoms with Crippen molar-refractivity contribution in [3.8, 4) is 11.5 Å². The highest BCUT2D eigenvalue weighted by atomic mass is 16.6. The number of nitrogens with one attached hydrogen (secondary N) is 1. The third kappa shape index (κ3) is 4.21. The van der Waals surface area contributed by atoms with Crippen LogP contribution in [0.5, 0.6) is 11.5 Å². The van der Waals surface area contributed by atoms with Gasteiger partial charge in [0.1, 0.15) is 25.4 Å². The number of likely N-dealkylation sites (tertiary alicyclic amines) is 1. The number of hydrogen-bond donors (Lipinski definition) is 3. The van der Waals surface area contributed by atoms with E-state index in [9.17, 15) is 15.0 Å². The molecule has 1 amide bonds. The molecule has 0 aromatic heterocycles. The van der Waals surface area contributed by atoms with E-state index in [-0.39, 0.29) is 25.6 Å². The molecule has 0 unspecified atom stereocenters. The van der Waals surface area contributed by atoms with Gasteiger partial charge in [-0.25, -0.2) is 0 Å². The van der Waals surface area contributed by atoms with E-state index in [2.05, 4.69) is 5.32 Å². The molecule has 2 aliphatic heterocycles. The maximum atomic E-state index is 11.5. The van der Waals surface area contributed by atoms with E-state index in [1.165, 1.54) is 7.11 Å². The van der Waals surface area contributed by atoms with E-state index in [0.717, 1.165) is 11.3 Å². The molecule has 2 aliphatic rings. The third-order valence-corrected chi connectivity index (χ3v) is 4.43. The van der Waals surface area contributed by atoms with Gasteiger partial charge in [-0.1, -0.05) is 6.07 Å². The van der Waals surface area contributed by atoms with Crippen LogP contribution in [0.25, 0.3) is 0 Å². The van der Waals surface area contributed by atoms with Gasteiger partial charge in [-0.05, 0) is 17.7 Å². The molecule has 1 aromatic rings. The molecule has 8 nitrogen and oxygen atoms in total. The highest BCUT2D eigenvalue weighted by molar-refractivity contribution is 5.77. The average Bonchev–Trinajstić information content (AvgIpc) is 2.87. The van der Waals surface area contributed by atoms with E-state index in [1.54, 1.807) is 0 Å². The average molecular weight is 352 g/mol. The summed E-state index contributed by atoms with van der Waals surface area (Å²) in [5, 5.41) is 23.4. The Morgan fingerprint density at radius 2 is 2.16 bits per heavy atom. The fourth-order valence-electron chi connectivity index (χ4n) is 3.14. The molecule has 1 fully saturated rings. The van der Waals surface area contributed by atoms with E-state index in [0.29, 0.717) is 32.1 Å². The predicted molar refractivity (Wildman–Crippen MR) is 88.6 cm³/mol. The van der Waals surface area contributed by atoms with Crippen LogP contribution in [0.1, 0.15) is 5.56 Å². The summed E-state index contributed by atoms with van der Waals surface area (Å²) in [5.74, 6) is 1.12. The maximum absolute atomic E-state index is 11.5. The van der Waals surface area contributed by atoms with Crippen molar-refractivity contribution in [3.05, 3.63) is 23.8 Å². The number of carbonyl (C=O) groups is 1. The number of carbonyl (C=O) groups excluding carboxylic acids is 1. The summed E-state index contributed by atoms with van der Waals surface area (Å²) < 4.78 is 15.8. The molecule has 0 radical (unpaired) electrons. The Morgan fingerprint density at radius 1 is 1.40 bits per heavy atom. The van der Waals surface area contributed by atoms with Crippen LogP contribution >= 0.6 is 0 Å². The minimum Gasteiger partial charge on any atom is -0.486 e. The first-order valence-corrected chi connectivity index (χ1v) is 8.27. The van der Waals surface area contributed by atoms with E-state index >= 15 is 0 Å². The van der Waals surface area contributed by atoms with Crippen molar-refractivity contribution in [3.63, 3.8) is 0 Å². The minimum atomic E-state index is -1.38. The number of amides is 1. The van der Waals surface area contributed by atoms with Crippen molar-refractivity contribution in [1.29, 1.82) is 0 Å². The van der Waals surface area contributed by atoms with E-state index < -0.39 is 11.7 Å². The zero-order valence-corrected chi connectivity index (χ0v) is 14.2. The third-order valence-electron chi connectivity index (χ3n) is 4.43. The highest BCUT2D eigenvalue weighted by Gasteiger charge is 2.44. The summed E-state index contributed by atoms with van der Waals surface area (Å²) in [7, 11) is 1.42. The number of rotatable bonds is 6. The van der Waals surface area contributed by atoms with Crippen LogP contribution in [-0.2, 0) is 16.1 Å². The molecule has 0 aliphatic carbocycles. The molecule has 8 heteroatoms. The summed E-state index contributed by atoms with van der Waals surface area (Å²) in [6.45, 7) is 2.12. The lowest BCUT2D eigenvalue weighted by atomic mass is 10.0. The number of β-amino-alcohol motifs (C(OH)–C–C–N with tert-alkyl or cyclic N) is 2. The fraction of sp³-hybridized carbons (Fsp3) is 0.588. The van der Waals surface area contributed by atoms with Gasteiger partial charge in [0, 0.05) is 26.7 Å². The second-order valence-electron chi connectivity index (χ2n) is 6.48. The number of aliphatic hydroxyl groups is 2. The maximum Gasteiger partial charge on any atom is 0.246 e. The lowest BCUT2D eigenvalue weighted by Gasteiger charge is -2.26. The second-order valence-corrected chi connectivity index (χ2v) is 6.48. The Bertz CT molecular complexity index is 625. The minimum absolute atomic E-state index is 0.0198. The van der Waals surface area contributed by atoms with Gasteiger partial charge in [-0.15, -0.1) is 0 Å². The molecule has 2 heterocycles. The SMILES string of the molecule is COCC(=O)NC[C@]1(O)CN(Cc2ccc3c(c2)OCCO3)C[C@H]1O. The van der Waals surface area contributed by atoms with Crippen LogP contribution in [0, 0.1) is 0 Å². The van der Waals surface area contributed by atoms with Crippen LogP contribution in [0.15, 0.2) is 18.2 Å². The molecule has 0 spiro atoms. The van der Waals surface area contributed by atoms with Gasteiger partial charge in [0.2, 0.25) is 5.91 Å². The van der Waals surface area contributed by atoms with Gasteiger partial charge < -0.3 is 29.7 Å². The smallest absolute Gasteiger partial charge is 0.246 e. The normalized spacial score (nSPS) is 25.8. The molecular weight excluding hydrogens is 328 g/mol. The number of ether oxygens (including phenoxy) is 3. The van der Waals surface area contributed by atoms with Gasteiger partial charge in [0.15, 0.2) is 11.5 Å². The number of hydrogen-bond acceptors (Lipinski definition) is 7. The largest absolute Gasteiger partial charge is 0.486 e. The Labute approximate surface area is 146 Å². The molecular formula is C17H24N2O6. The van der Waals surface area contributed by atoms with Crippen molar-refractivity contribution < 1.29 is 29.2 Å². The predicted octanol–water partition coefficient (Wildman–Crippen LogP) is -0.872. The Hall–Kier alpha value is -1.87. The van der Waals surface area contributed by atoms with Crippen molar-refractivity contribution in [2.45, 2.75) is 18.2 Å². The first kappa shape index (κ1) is 17.9. The molecule has 25 heavy (non-hydrogen) atoms. The van der Waals surface area contributed by atoms with Crippen molar-refractivity contribution in [2.75, 3.05) is 46.6 Å². The van der Waals surface area contributed by atoms with Crippen LogP contribution in [-0.4, -0.2) is 79.3 Å². The van der Waals surface area contributed by atoms with Crippen LogP contribution in [0.3, 0.4) is 0 Å². The molecule has 1 saturated heterocycles. The fourth-order valence-corrected chi connectivity index (χ4v) is 3.14. The molecule has 3 rings (SSSR count). The number of methoxy groups -OCH3 is 1. The lowest BCUT2D eigenvalue weighted by Crippen LogP contribution is -2.51. The Morgan fingerprint density at radius 3 is 2.92 bits per heavy atom. The molecule has 0 bridgehead atoms. The summed E-state index contributed by atoms with van der Waals surface area (Å²) in [6, 6.07) is 5.73. The molecule has 0 saturated carbocycles. The van der Waals surface area contributed by atoms with Crippen LogP contribution in [0.4, 0.5) is 0 Å². The quantitative estimate of drug-likeness (QED) is 0.612. The van der Waals surface area contributed by atoms with Crippen molar-refractivity contribution in [1.82, 2.24) is 10.2 Å². The Kier molecular flexibility index (Phi) is 5.43. The number of benzene rings is 1. The molecule has 138 valence electrons. The zero-order valence-electron chi connectivity index (χ0n) is 14.2. The summed E-state index contributed by atoms with van der Waals surface area (Å²) in [4.78, 5) is 13.4. The van der Waals surface area contributed by atoms with Gasteiger partial charge in [0.25, 0.3) is 0 Å². The second kappa shape index (κ2) is 7.57. The topological polar surface area (TPSA) is 100 Å². The highest BCUT2D eigenvalue weighted by Crippen LogP contribution is 2.32. The van der Waals surface area contributed by atoms with Crippen molar-refractivity contribution >= 4 is 5.91 Å². The molecule has 1 aromatic carbocycles. The molecule has 3 N–H and O–H groups in total. The summed E-state index contributed by atoms with van der Waals surface area (Å²) >= 11 is 0. The lowest BCUT2D eigenvalue weighted by molar-refractivity contribution is -0.126. The summed E-state index contributed by atoms with van der Waals surface area (Å²) in [6.07, 6.45) is -0.937. The number of fused-ring (bicyclic) bond motifs is 1. The summed E-state index contributed by atoms with van der Waals surface area (Å²) in [5.41, 5.74) is -0.374. The van der Waals surface area contributed by atoms with Gasteiger partial charge in [-0.2, -0.15) is 0 Å². The van der Waals surface area contributed by atoms with Crippen molar-refractivity contribution in [2.24, 2.45) is 0 Å². The Balaban J connectivity index is 1.58. The monoisotopic (exact) mass is 352 g/mol. The number of nitrogens with zero attached hydrogens (tertiary/aromatic N) is 1. The number of aliphatic hydroxyl groups excluding tert-OH is 1. The van der Waals surface area contributed by atoms with E-state index in [4.69, 9.17) is 14.2 Å². The van der Waals surface area contributed by atoms with Crippen LogP contribution < -0.4 is 14.8 Å².